The standard InChI is InChI=1S/C16H19BrN2O4/c1-4-23-14(21)9-10-16(3)18(11(2)20)15(22)19(16)13-7-5-12(17)6-8-13/h5-8H,4,9-10H2,1-3H3. The molecule has 7 heteroatoms. The molecule has 23 heavy (non-hydrogen) atoms. The van der Waals surface area contributed by atoms with Gasteiger partial charge in [-0.1, -0.05) is 15.9 Å². The first-order chi connectivity index (χ1) is 10.8. The molecule has 3 amide bonds. The maximum atomic E-state index is 12.4. The number of hydrogen-bond acceptors (Lipinski definition) is 4. The quantitative estimate of drug-likeness (QED) is 0.732. The van der Waals surface area contributed by atoms with E-state index in [2.05, 4.69) is 15.9 Å². The molecule has 0 saturated carbocycles. The van der Waals surface area contributed by atoms with E-state index in [1.807, 2.05) is 12.1 Å². The van der Waals surface area contributed by atoms with E-state index >= 15 is 0 Å². The van der Waals surface area contributed by atoms with Crippen molar-refractivity contribution in [2.24, 2.45) is 0 Å². The van der Waals surface area contributed by atoms with Gasteiger partial charge in [0.1, 0.15) is 5.66 Å². The number of halogens is 1. The second kappa shape index (κ2) is 6.70. The van der Waals surface area contributed by atoms with Crippen molar-refractivity contribution in [3.8, 4) is 0 Å². The Morgan fingerprint density at radius 2 is 1.87 bits per heavy atom. The molecule has 0 aromatic heterocycles. The highest BCUT2D eigenvalue weighted by Gasteiger charge is 2.57. The molecular formula is C16H19BrN2O4. The molecule has 1 aliphatic heterocycles. The van der Waals surface area contributed by atoms with Crippen LogP contribution in [0.25, 0.3) is 0 Å². The van der Waals surface area contributed by atoms with E-state index in [0.29, 0.717) is 18.7 Å². The van der Waals surface area contributed by atoms with Crippen LogP contribution in [0.5, 0.6) is 0 Å². The topological polar surface area (TPSA) is 66.9 Å². The summed E-state index contributed by atoms with van der Waals surface area (Å²) in [5.41, 5.74) is -0.189. The molecular weight excluding hydrogens is 364 g/mol. The van der Waals surface area contributed by atoms with E-state index in [-0.39, 0.29) is 24.3 Å². The lowest BCUT2D eigenvalue weighted by Gasteiger charge is -2.57. The number of rotatable bonds is 5. The fraction of sp³-hybridized carbons (Fsp3) is 0.438. The number of imide groups is 1. The zero-order valence-electron chi connectivity index (χ0n) is 13.3. The van der Waals surface area contributed by atoms with Crippen LogP contribution in [0, 0.1) is 0 Å². The predicted octanol–water partition coefficient (Wildman–Crippen LogP) is 3.30. The lowest BCUT2D eigenvalue weighted by molar-refractivity contribution is -0.145. The van der Waals surface area contributed by atoms with Crippen molar-refractivity contribution in [3.63, 3.8) is 0 Å². The summed E-state index contributed by atoms with van der Waals surface area (Å²) in [6.07, 6.45) is 0.446. The molecule has 124 valence electrons. The summed E-state index contributed by atoms with van der Waals surface area (Å²) < 4.78 is 5.83. The normalized spacial score (nSPS) is 20.3. The van der Waals surface area contributed by atoms with Gasteiger partial charge in [0.05, 0.1) is 6.61 Å². The summed E-state index contributed by atoms with van der Waals surface area (Å²) in [4.78, 5) is 38.6. The van der Waals surface area contributed by atoms with Crippen LogP contribution in [0.3, 0.4) is 0 Å². The van der Waals surface area contributed by atoms with Gasteiger partial charge >= 0.3 is 12.0 Å². The number of amides is 3. The third-order valence-corrected chi connectivity index (χ3v) is 4.38. The number of benzene rings is 1. The molecule has 6 nitrogen and oxygen atoms in total. The average molecular weight is 383 g/mol. The highest BCUT2D eigenvalue weighted by Crippen LogP contribution is 2.41. The van der Waals surface area contributed by atoms with Crippen molar-refractivity contribution in [2.75, 3.05) is 11.5 Å². The Hall–Kier alpha value is -1.89. The Bertz CT molecular complexity index is 631. The van der Waals surface area contributed by atoms with E-state index in [0.717, 1.165) is 4.47 Å². The monoisotopic (exact) mass is 382 g/mol. The van der Waals surface area contributed by atoms with E-state index < -0.39 is 5.66 Å². The van der Waals surface area contributed by atoms with Gasteiger partial charge in [-0.15, -0.1) is 0 Å². The van der Waals surface area contributed by atoms with Crippen LogP contribution in [0.1, 0.15) is 33.6 Å². The zero-order valence-corrected chi connectivity index (χ0v) is 14.9. The van der Waals surface area contributed by atoms with Gasteiger partial charge in [-0.3, -0.25) is 14.5 Å². The lowest BCUT2D eigenvalue weighted by atomic mass is 9.95. The molecule has 1 aromatic carbocycles. The molecule has 0 spiro atoms. The van der Waals surface area contributed by atoms with Gasteiger partial charge in [0.2, 0.25) is 5.91 Å². The molecule has 2 rings (SSSR count). The molecule has 1 heterocycles. The predicted molar refractivity (Wildman–Crippen MR) is 88.8 cm³/mol. The minimum Gasteiger partial charge on any atom is -0.466 e. The van der Waals surface area contributed by atoms with Gasteiger partial charge in [-0.25, -0.2) is 9.69 Å². The smallest absolute Gasteiger partial charge is 0.335 e. The summed E-state index contributed by atoms with van der Waals surface area (Å²) in [6.45, 7) is 5.17. The minimum atomic E-state index is -0.872. The largest absolute Gasteiger partial charge is 0.466 e. The van der Waals surface area contributed by atoms with Crippen LogP contribution in [0.2, 0.25) is 0 Å². The van der Waals surface area contributed by atoms with E-state index in [9.17, 15) is 14.4 Å². The zero-order chi connectivity index (χ0) is 17.2. The van der Waals surface area contributed by atoms with Crippen molar-refractivity contribution < 1.29 is 19.1 Å². The van der Waals surface area contributed by atoms with Crippen molar-refractivity contribution in [1.29, 1.82) is 0 Å². The van der Waals surface area contributed by atoms with Crippen molar-refractivity contribution in [1.82, 2.24) is 4.90 Å². The second-order valence-corrected chi connectivity index (χ2v) is 6.39. The van der Waals surface area contributed by atoms with Gasteiger partial charge in [0.25, 0.3) is 0 Å². The maximum Gasteiger partial charge on any atom is 0.335 e. The average Bonchev–Trinajstić information content (AvgIpc) is 2.47. The van der Waals surface area contributed by atoms with Gasteiger partial charge < -0.3 is 4.74 Å². The lowest BCUT2D eigenvalue weighted by Crippen LogP contribution is -2.77. The molecule has 0 bridgehead atoms. The number of nitrogens with zero attached hydrogens (tertiary/aromatic N) is 2. The summed E-state index contributed by atoms with van der Waals surface area (Å²) in [7, 11) is 0. The Balaban J connectivity index is 2.25. The SMILES string of the molecule is CCOC(=O)CCC1(C)N(C(C)=O)C(=O)N1c1ccc(Br)cc1. The van der Waals surface area contributed by atoms with Crippen LogP contribution in [-0.2, 0) is 14.3 Å². The first-order valence-electron chi connectivity index (χ1n) is 7.37. The van der Waals surface area contributed by atoms with Gasteiger partial charge in [0, 0.05) is 29.9 Å². The van der Waals surface area contributed by atoms with Crippen molar-refractivity contribution >= 4 is 39.5 Å². The van der Waals surface area contributed by atoms with Gasteiger partial charge in [-0.05, 0) is 38.1 Å². The third-order valence-electron chi connectivity index (χ3n) is 3.85. The van der Waals surface area contributed by atoms with Crippen LogP contribution in [0.4, 0.5) is 10.5 Å². The van der Waals surface area contributed by atoms with Gasteiger partial charge in [-0.2, -0.15) is 0 Å². The summed E-state index contributed by atoms with van der Waals surface area (Å²) in [5.74, 6) is -0.679. The first-order valence-corrected chi connectivity index (χ1v) is 8.16. The Morgan fingerprint density at radius 1 is 1.26 bits per heavy atom. The summed E-state index contributed by atoms with van der Waals surface area (Å²) in [6, 6.07) is 6.85. The number of esters is 1. The Labute approximate surface area is 143 Å². The molecule has 1 aliphatic rings. The second-order valence-electron chi connectivity index (χ2n) is 5.47. The van der Waals surface area contributed by atoms with Crippen LogP contribution < -0.4 is 4.90 Å². The highest BCUT2D eigenvalue weighted by molar-refractivity contribution is 9.10. The number of ether oxygens (including phenoxy) is 1. The van der Waals surface area contributed by atoms with Crippen molar-refractivity contribution in [3.05, 3.63) is 28.7 Å². The third kappa shape index (κ3) is 3.24. The number of anilines is 1. The van der Waals surface area contributed by atoms with Crippen LogP contribution >= 0.6 is 15.9 Å². The highest BCUT2D eigenvalue weighted by atomic mass is 79.9. The molecule has 1 saturated heterocycles. The first kappa shape index (κ1) is 17.5. The van der Waals surface area contributed by atoms with E-state index in [1.54, 1.807) is 30.9 Å². The van der Waals surface area contributed by atoms with Gasteiger partial charge in [0.15, 0.2) is 0 Å². The molecule has 1 unspecified atom stereocenters. The van der Waals surface area contributed by atoms with Crippen LogP contribution in [0.15, 0.2) is 28.7 Å². The molecule has 1 fully saturated rings. The Kier molecular flexibility index (Phi) is 5.09. The fourth-order valence-electron chi connectivity index (χ4n) is 2.82. The fourth-order valence-corrected chi connectivity index (χ4v) is 3.08. The Morgan fingerprint density at radius 3 is 2.39 bits per heavy atom. The molecule has 0 radical (unpaired) electrons. The molecule has 1 aromatic rings. The van der Waals surface area contributed by atoms with E-state index in [4.69, 9.17) is 4.74 Å². The number of hydrogen-bond donors (Lipinski definition) is 0. The van der Waals surface area contributed by atoms with Crippen LogP contribution in [-0.4, -0.2) is 35.1 Å². The number of urea groups is 1. The molecule has 0 aliphatic carbocycles. The molecule has 1 atom stereocenters. The maximum absolute atomic E-state index is 12.4. The number of carbonyl (C=O) groups excluding carboxylic acids is 3. The van der Waals surface area contributed by atoms with E-state index in [1.165, 1.54) is 11.8 Å². The molecule has 0 N–H and O–H groups in total. The van der Waals surface area contributed by atoms with Crippen molar-refractivity contribution in [2.45, 2.75) is 39.3 Å². The summed E-state index contributed by atoms with van der Waals surface area (Å²) >= 11 is 3.35. The summed E-state index contributed by atoms with van der Waals surface area (Å²) in [5, 5.41) is 0. The minimum absolute atomic E-state index is 0.133. The number of carbonyl (C=O) groups is 3.